The van der Waals surface area contributed by atoms with Gasteiger partial charge in [0.15, 0.2) is 11.4 Å². The van der Waals surface area contributed by atoms with Crippen molar-refractivity contribution in [1.29, 1.82) is 0 Å². The van der Waals surface area contributed by atoms with Crippen molar-refractivity contribution in [1.82, 2.24) is 0 Å². The van der Waals surface area contributed by atoms with Crippen LogP contribution in [0.2, 0.25) is 0 Å². The minimum Gasteiger partial charge on any atom is -0.380 e. The first-order chi connectivity index (χ1) is 8.69. The molecule has 0 amide bonds. The highest BCUT2D eigenvalue weighted by atomic mass is 32.1. The van der Waals surface area contributed by atoms with E-state index in [-0.39, 0.29) is 11.6 Å². The van der Waals surface area contributed by atoms with E-state index in [1.165, 1.54) is 23.5 Å². The molecule has 18 heavy (non-hydrogen) atoms. The summed E-state index contributed by atoms with van der Waals surface area (Å²) < 4.78 is 0. The average Bonchev–Trinajstić information content (AvgIpc) is 3.03. The molecule has 0 atom stereocenters. The highest BCUT2D eigenvalue weighted by Gasteiger charge is 2.38. The van der Waals surface area contributed by atoms with Crippen molar-refractivity contribution < 1.29 is 14.4 Å². The summed E-state index contributed by atoms with van der Waals surface area (Å²) in [5.74, 6) is -0.192. The minimum atomic E-state index is -0.754. The standard InChI is InChI=1S/C13H9NO3S/c15-9-3-5-13(6-4-9)8-10(14-17-13)12(16)11-2-1-7-18-11/h1-7H,8H2. The highest BCUT2D eigenvalue weighted by Crippen LogP contribution is 2.30. The Kier molecular flexibility index (Phi) is 2.48. The number of thiophene rings is 1. The second-order valence-electron chi connectivity index (χ2n) is 4.14. The number of allylic oxidation sites excluding steroid dienone is 2. The molecule has 5 heteroatoms. The summed E-state index contributed by atoms with van der Waals surface area (Å²) in [4.78, 5) is 29.1. The topological polar surface area (TPSA) is 55.7 Å². The summed E-state index contributed by atoms with van der Waals surface area (Å²) >= 11 is 1.38. The van der Waals surface area contributed by atoms with Gasteiger partial charge in [-0.05, 0) is 35.8 Å². The molecule has 0 saturated heterocycles. The molecule has 2 aliphatic rings. The summed E-state index contributed by atoms with van der Waals surface area (Å²) in [6, 6.07) is 3.58. The van der Waals surface area contributed by atoms with Gasteiger partial charge in [0, 0.05) is 6.42 Å². The Morgan fingerprint density at radius 3 is 2.83 bits per heavy atom. The van der Waals surface area contributed by atoms with Crippen molar-refractivity contribution in [2.24, 2.45) is 5.16 Å². The highest BCUT2D eigenvalue weighted by molar-refractivity contribution is 7.13. The quantitative estimate of drug-likeness (QED) is 0.765. The third kappa shape index (κ3) is 1.82. The molecular weight excluding hydrogens is 250 g/mol. The fraction of sp³-hybridized carbons (Fsp3) is 0.154. The van der Waals surface area contributed by atoms with Gasteiger partial charge in [0.2, 0.25) is 5.78 Å². The maximum Gasteiger partial charge on any atom is 0.220 e. The van der Waals surface area contributed by atoms with Gasteiger partial charge in [0.25, 0.3) is 0 Å². The van der Waals surface area contributed by atoms with Gasteiger partial charge in [-0.15, -0.1) is 11.3 Å². The molecule has 1 aromatic heterocycles. The largest absolute Gasteiger partial charge is 0.380 e. The van der Waals surface area contributed by atoms with Crippen LogP contribution < -0.4 is 0 Å². The Morgan fingerprint density at radius 2 is 2.17 bits per heavy atom. The van der Waals surface area contributed by atoms with Crippen LogP contribution in [0.15, 0.2) is 47.0 Å². The number of hydrogen-bond acceptors (Lipinski definition) is 5. The van der Waals surface area contributed by atoms with Crippen molar-refractivity contribution in [3.05, 3.63) is 46.7 Å². The van der Waals surface area contributed by atoms with Gasteiger partial charge in [0.1, 0.15) is 5.71 Å². The fourth-order valence-corrected chi connectivity index (χ4v) is 2.56. The van der Waals surface area contributed by atoms with E-state index < -0.39 is 5.60 Å². The van der Waals surface area contributed by atoms with Crippen LogP contribution in [0.5, 0.6) is 0 Å². The molecule has 4 nitrogen and oxygen atoms in total. The van der Waals surface area contributed by atoms with E-state index in [2.05, 4.69) is 5.16 Å². The molecular formula is C13H9NO3S. The Morgan fingerprint density at radius 1 is 1.39 bits per heavy atom. The lowest BCUT2D eigenvalue weighted by molar-refractivity contribution is -0.110. The maximum atomic E-state index is 12.1. The number of hydrogen-bond donors (Lipinski definition) is 0. The van der Waals surface area contributed by atoms with Crippen LogP contribution in [0.1, 0.15) is 16.1 Å². The van der Waals surface area contributed by atoms with E-state index >= 15 is 0 Å². The first-order valence-corrected chi connectivity index (χ1v) is 6.32. The molecule has 1 spiro atoms. The SMILES string of the molecule is O=C1C=CC2(C=C1)CC(C(=O)c1cccs1)=NO2. The molecule has 0 saturated carbocycles. The number of oxime groups is 1. The summed E-state index contributed by atoms with van der Waals surface area (Å²) in [6.07, 6.45) is 6.53. The molecule has 0 aromatic carbocycles. The number of Topliss-reactive ketones (excluding diaryl/α,β-unsaturated/α-hetero) is 1. The molecule has 0 unspecified atom stereocenters. The van der Waals surface area contributed by atoms with Crippen molar-refractivity contribution in [3.63, 3.8) is 0 Å². The first kappa shape index (κ1) is 11.1. The third-order valence-electron chi connectivity index (χ3n) is 2.84. The van der Waals surface area contributed by atoms with E-state index in [9.17, 15) is 9.59 Å². The first-order valence-electron chi connectivity index (χ1n) is 5.44. The zero-order chi connectivity index (χ0) is 12.6. The number of ketones is 2. The predicted octanol–water partition coefficient (Wildman–Crippen LogP) is 2.14. The second kappa shape index (κ2) is 4.03. The Balaban J connectivity index is 1.80. The van der Waals surface area contributed by atoms with Gasteiger partial charge in [-0.1, -0.05) is 11.2 Å². The third-order valence-corrected chi connectivity index (χ3v) is 3.70. The number of carbonyl (C=O) groups is 2. The molecule has 1 aromatic rings. The van der Waals surface area contributed by atoms with Crippen molar-refractivity contribution >= 4 is 28.6 Å². The monoisotopic (exact) mass is 259 g/mol. The van der Waals surface area contributed by atoms with Crippen LogP contribution in [-0.4, -0.2) is 22.9 Å². The predicted molar refractivity (Wildman–Crippen MR) is 67.8 cm³/mol. The van der Waals surface area contributed by atoms with Crippen LogP contribution in [-0.2, 0) is 9.63 Å². The Hall–Kier alpha value is -2.01. The molecule has 0 fully saturated rings. The zero-order valence-electron chi connectivity index (χ0n) is 9.33. The van der Waals surface area contributed by atoms with Crippen molar-refractivity contribution in [2.75, 3.05) is 0 Å². The van der Waals surface area contributed by atoms with Crippen LogP contribution in [0.3, 0.4) is 0 Å². The lowest BCUT2D eigenvalue weighted by atomic mass is 9.91. The van der Waals surface area contributed by atoms with Gasteiger partial charge in [-0.25, -0.2) is 0 Å². The van der Waals surface area contributed by atoms with Crippen LogP contribution in [0, 0.1) is 0 Å². The van der Waals surface area contributed by atoms with Gasteiger partial charge in [0.05, 0.1) is 4.88 Å². The molecule has 1 aliphatic heterocycles. The van der Waals surface area contributed by atoms with Gasteiger partial charge < -0.3 is 4.84 Å². The number of carbonyl (C=O) groups excluding carboxylic acids is 2. The summed E-state index contributed by atoms with van der Waals surface area (Å²) in [5.41, 5.74) is -0.364. The molecule has 3 rings (SSSR count). The molecule has 0 bridgehead atoms. The van der Waals surface area contributed by atoms with E-state index in [1.54, 1.807) is 18.2 Å². The molecule has 1 aliphatic carbocycles. The summed E-state index contributed by atoms with van der Waals surface area (Å²) in [7, 11) is 0. The Labute approximate surface area is 107 Å². The van der Waals surface area contributed by atoms with Gasteiger partial charge in [-0.3, -0.25) is 9.59 Å². The maximum absolute atomic E-state index is 12.1. The fourth-order valence-electron chi connectivity index (χ4n) is 1.87. The minimum absolute atomic E-state index is 0.0812. The van der Waals surface area contributed by atoms with E-state index in [0.29, 0.717) is 17.0 Å². The molecule has 0 radical (unpaired) electrons. The summed E-state index contributed by atoms with van der Waals surface area (Å²) in [6.45, 7) is 0. The molecule has 90 valence electrons. The Bertz CT molecular complexity index is 580. The lowest BCUT2D eigenvalue weighted by Crippen LogP contribution is -2.27. The van der Waals surface area contributed by atoms with Crippen molar-refractivity contribution in [3.8, 4) is 0 Å². The van der Waals surface area contributed by atoms with Gasteiger partial charge in [-0.2, -0.15) is 0 Å². The number of nitrogens with zero attached hydrogens (tertiary/aromatic N) is 1. The lowest BCUT2D eigenvalue weighted by Gasteiger charge is -2.19. The van der Waals surface area contributed by atoms with Crippen molar-refractivity contribution in [2.45, 2.75) is 12.0 Å². The zero-order valence-corrected chi connectivity index (χ0v) is 10.1. The van der Waals surface area contributed by atoms with E-state index in [0.717, 1.165) is 0 Å². The van der Waals surface area contributed by atoms with Crippen LogP contribution in [0.25, 0.3) is 0 Å². The number of rotatable bonds is 2. The van der Waals surface area contributed by atoms with Crippen LogP contribution in [0.4, 0.5) is 0 Å². The molecule has 0 N–H and O–H groups in total. The average molecular weight is 259 g/mol. The van der Waals surface area contributed by atoms with E-state index in [1.807, 2.05) is 11.4 Å². The van der Waals surface area contributed by atoms with Crippen LogP contribution >= 0.6 is 11.3 Å². The molecule has 2 heterocycles. The van der Waals surface area contributed by atoms with E-state index in [4.69, 9.17) is 4.84 Å². The smallest absolute Gasteiger partial charge is 0.220 e. The summed E-state index contributed by atoms with van der Waals surface area (Å²) in [5, 5.41) is 5.70. The second-order valence-corrected chi connectivity index (χ2v) is 5.08. The van der Waals surface area contributed by atoms with Gasteiger partial charge >= 0.3 is 0 Å². The normalized spacial score (nSPS) is 20.0.